The molecule has 1 saturated carbocycles. The quantitative estimate of drug-likeness (QED) is 0.813. The summed E-state index contributed by atoms with van der Waals surface area (Å²) in [6, 6.07) is 11.2. The van der Waals surface area contributed by atoms with Crippen LogP contribution >= 0.6 is 0 Å². The van der Waals surface area contributed by atoms with Gasteiger partial charge in [0.2, 0.25) is 0 Å². The largest absolute Gasteiger partial charge is 0.393 e. The van der Waals surface area contributed by atoms with Gasteiger partial charge in [-0.2, -0.15) is 0 Å². The van der Waals surface area contributed by atoms with Crippen LogP contribution in [-0.2, 0) is 6.54 Å². The van der Waals surface area contributed by atoms with E-state index in [0.717, 1.165) is 32.6 Å². The van der Waals surface area contributed by atoms with E-state index in [4.69, 9.17) is 0 Å². The zero-order chi connectivity index (χ0) is 15.4. The minimum Gasteiger partial charge on any atom is -0.393 e. The van der Waals surface area contributed by atoms with Gasteiger partial charge in [-0.15, -0.1) is 0 Å². The molecule has 0 radical (unpaired) electrons. The Labute approximate surface area is 134 Å². The van der Waals surface area contributed by atoms with E-state index in [1.54, 1.807) is 0 Å². The number of hydrogen-bond acceptors (Lipinski definition) is 3. The highest BCUT2D eigenvalue weighted by atomic mass is 16.3. The van der Waals surface area contributed by atoms with Crippen molar-refractivity contribution in [3.05, 3.63) is 35.9 Å². The number of aliphatic hydroxyl groups excluding tert-OH is 1. The van der Waals surface area contributed by atoms with Crippen molar-refractivity contribution in [2.24, 2.45) is 11.8 Å². The molecular weight excluding hydrogens is 272 g/mol. The highest BCUT2D eigenvalue weighted by Crippen LogP contribution is 2.36. The van der Waals surface area contributed by atoms with Crippen LogP contribution in [0.3, 0.4) is 0 Å². The molecule has 3 nitrogen and oxygen atoms in total. The first-order valence-corrected chi connectivity index (χ1v) is 8.92. The van der Waals surface area contributed by atoms with E-state index in [1.165, 1.54) is 24.8 Å². The van der Waals surface area contributed by atoms with E-state index in [1.807, 2.05) is 0 Å². The third-order valence-corrected chi connectivity index (χ3v) is 5.24. The van der Waals surface area contributed by atoms with E-state index in [2.05, 4.69) is 47.5 Å². The second-order valence-electron chi connectivity index (χ2n) is 7.16. The van der Waals surface area contributed by atoms with Crippen LogP contribution in [0.15, 0.2) is 30.3 Å². The molecule has 1 aliphatic carbocycles. The van der Waals surface area contributed by atoms with Crippen LogP contribution in [0, 0.1) is 11.8 Å². The number of nitrogens with one attached hydrogen (secondary N) is 1. The zero-order valence-corrected chi connectivity index (χ0v) is 13.7. The van der Waals surface area contributed by atoms with Gasteiger partial charge >= 0.3 is 0 Å². The average molecular weight is 302 g/mol. The standard InChI is InChI=1S/C19H30N2O/c1-2-21-13-16(11-19(22)17-8-9-17)10-18(14-21)20-12-15-6-4-3-5-7-15/h3-7,16-20,22H,2,8-14H2,1H3. The molecule has 3 heteroatoms. The van der Waals surface area contributed by atoms with Gasteiger partial charge in [0.1, 0.15) is 0 Å². The molecule has 22 heavy (non-hydrogen) atoms. The number of likely N-dealkylation sites (tertiary alicyclic amines) is 1. The van der Waals surface area contributed by atoms with Gasteiger partial charge in [0.05, 0.1) is 6.10 Å². The minimum absolute atomic E-state index is 0.0587. The molecule has 122 valence electrons. The SMILES string of the molecule is CCN1CC(CC(O)C2CC2)CC(NCc2ccccc2)C1. The second-order valence-corrected chi connectivity index (χ2v) is 7.16. The third kappa shape index (κ3) is 4.55. The maximum atomic E-state index is 10.3. The first kappa shape index (κ1) is 16.0. The van der Waals surface area contributed by atoms with E-state index >= 15 is 0 Å². The first-order chi connectivity index (χ1) is 10.7. The normalized spacial score (nSPS) is 27.7. The molecule has 0 amide bonds. The van der Waals surface area contributed by atoms with Crippen LogP contribution in [0.1, 0.15) is 38.2 Å². The number of hydrogen-bond donors (Lipinski definition) is 2. The fourth-order valence-corrected chi connectivity index (χ4v) is 3.75. The van der Waals surface area contributed by atoms with Crippen molar-refractivity contribution in [1.29, 1.82) is 0 Å². The molecule has 1 aliphatic heterocycles. The predicted molar refractivity (Wildman–Crippen MR) is 90.6 cm³/mol. The van der Waals surface area contributed by atoms with Gasteiger partial charge in [0, 0.05) is 25.7 Å². The second kappa shape index (κ2) is 7.58. The molecule has 3 rings (SSSR count). The topological polar surface area (TPSA) is 35.5 Å². The summed E-state index contributed by atoms with van der Waals surface area (Å²) in [5, 5.41) is 14.0. The Morgan fingerprint density at radius 2 is 2.00 bits per heavy atom. The van der Waals surface area contributed by atoms with Crippen LogP contribution in [0.2, 0.25) is 0 Å². The van der Waals surface area contributed by atoms with E-state index in [0.29, 0.717) is 17.9 Å². The van der Waals surface area contributed by atoms with Gasteiger partial charge in [0.15, 0.2) is 0 Å². The minimum atomic E-state index is -0.0587. The maximum Gasteiger partial charge on any atom is 0.0571 e. The van der Waals surface area contributed by atoms with Crippen molar-refractivity contribution >= 4 is 0 Å². The molecule has 2 fully saturated rings. The smallest absolute Gasteiger partial charge is 0.0571 e. The predicted octanol–water partition coefficient (Wildman–Crippen LogP) is 2.65. The molecule has 3 atom stereocenters. The summed E-state index contributed by atoms with van der Waals surface area (Å²) in [6.45, 7) is 6.59. The number of likely N-dealkylation sites (N-methyl/N-ethyl adjacent to an activating group) is 1. The molecule has 1 aromatic carbocycles. The lowest BCUT2D eigenvalue weighted by atomic mass is 9.88. The fourth-order valence-electron chi connectivity index (χ4n) is 3.75. The summed E-state index contributed by atoms with van der Waals surface area (Å²) in [6.07, 6.45) is 4.61. The summed E-state index contributed by atoms with van der Waals surface area (Å²) < 4.78 is 0. The van der Waals surface area contributed by atoms with Gasteiger partial charge in [-0.1, -0.05) is 37.3 Å². The first-order valence-electron chi connectivity index (χ1n) is 8.92. The Kier molecular flexibility index (Phi) is 5.51. The average Bonchev–Trinajstić information content (AvgIpc) is 3.38. The molecule has 3 unspecified atom stereocenters. The number of benzene rings is 1. The Morgan fingerprint density at radius 1 is 1.23 bits per heavy atom. The Morgan fingerprint density at radius 3 is 2.68 bits per heavy atom. The summed E-state index contributed by atoms with van der Waals surface area (Å²) >= 11 is 0. The monoisotopic (exact) mass is 302 g/mol. The molecule has 1 saturated heterocycles. The molecule has 2 aliphatic rings. The van der Waals surface area contributed by atoms with Gasteiger partial charge in [-0.05, 0) is 49.6 Å². The number of piperidine rings is 1. The van der Waals surface area contributed by atoms with Crippen LogP contribution in [0.4, 0.5) is 0 Å². The maximum absolute atomic E-state index is 10.3. The van der Waals surface area contributed by atoms with Crippen LogP contribution in [0.5, 0.6) is 0 Å². The fraction of sp³-hybridized carbons (Fsp3) is 0.684. The van der Waals surface area contributed by atoms with Gasteiger partial charge in [-0.3, -0.25) is 0 Å². The van der Waals surface area contributed by atoms with Gasteiger partial charge in [0.25, 0.3) is 0 Å². The van der Waals surface area contributed by atoms with Crippen molar-refractivity contribution < 1.29 is 5.11 Å². The summed E-state index contributed by atoms with van der Waals surface area (Å²) in [7, 11) is 0. The number of nitrogens with zero attached hydrogens (tertiary/aromatic N) is 1. The molecule has 1 heterocycles. The van der Waals surface area contributed by atoms with Crippen molar-refractivity contribution in [3.63, 3.8) is 0 Å². The summed E-state index contributed by atoms with van der Waals surface area (Å²) in [5.41, 5.74) is 1.35. The van der Waals surface area contributed by atoms with Crippen LogP contribution in [0.25, 0.3) is 0 Å². The van der Waals surface area contributed by atoms with E-state index in [-0.39, 0.29) is 6.10 Å². The number of aliphatic hydroxyl groups is 1. The Bertz CT molecular complexity index is 446. The highest BCUT2D eigenvalue weighted by Gasteiger charge is 2.34. The van der Waals surface area contributed by atoms with Gasteiger partial charge < -0.3 is 15.3 Å². The lowest BCUT2D eigenvalue weighted by Crippen LogP contribution is -2.49. The number of rotatable bonds is 7. The molecule has 0 spiro atoms. The zero-order valence-electron chi connectivity index (χ0n) is 13.7. The Balaban J connectivity index is 1.51. The molecule has 2 N–H and O–H groups in total. The molecular formula is C19H30N2O. The Hall–Kier alpha value is -0.900. The molecule has 0 aromatic heterocycles. The van der Waals surface area contributed by atoms with E-state index in [9.17, 15) is 5.11 Å². The molecule has 0 bridgehead atoms. The van der Waals surface area contributed by atoms with Gasteiger partial charge in [-0.25, -0.2) is 0 Å². The van der Waals surface area contributed by atoms with Crippen molar-refractivity contribution in [1.82, 2.24) is 10.2 Å². The highest BCUT2D eigenvalue weighted by molar-refractivity contribution is 5.14. The van der Waals surface area contributed by atoms with Crippen LogP contribution in [-0.4, -0.2) is 41.8 Å². The van der Waals surface area contributed by atoms with Crippen LogP contribution < -0.4 is 5.32 Å². The summed E-state index contributed by atoms with van der Waals surface area (Å²) in [5.74, 6) is 1.24. The molecule has 1 aromatic rings. The summed E-state index contributed by atoms with van der Waals surface area (Å²) in [4.78, 5) is 2.54. The van der Waals surface area contributed by atoms with Crippen molar-refractivity contribution in [2.45, 2.75) is 51.3 Å². The van der Waals surface area contributed by atoms with Crippen molar-refractivity contribution in [2.75, 3.05) is 19.6 Å². The van der Waals surface area contributed by atoms with Crippen molar-refractivity contribution in [3.8, 4) is 0 Å². The van der Waals surface area contributed by atoms with E-state index < -0.39 is 0 Å². The lowest BCUT2D eigenvalue weighted by Gasteiger charge is -2.38. The lowest BCUT2D eigenvalue weighted by molar-refractivity contribution is 0.0766. The third-order valence-electron chi connectivity index (χ3n) is 5.24.